The monoisotopic (exact) mass is 430 g/mol. The van der Waals surface area contributed by atoms with Crippen LogP contribution in [0.5, 0.6) is 0 Å². The van der Waals surface area contributed by atoms with Gasteiger partial charge >= 0.3 is 35.6 Å². The fourth-order valence-electron chi connectivity index (χ4n) is 1.39. The summed E-state index contributed by atoms with van der Waals surface area (Å²) in [6.45, 7) is 0. The van der Waals surface area contributed by atoms with Gasteiger partial charge in [0.25, 0.3) is 0 Å². The van der Waals surface area contributed by atoms with Crippen molar-refractivity contribution in [3.05, 3.63) is 35.9 Å². The van der Waals surface area contributed by atoms with Crippen molar-refractivity contribution in [2.45, 2.75) is 18.5 Å². The molecule has 29 heavy (non-hydrogen) atoms. The number of rotatable bonds is 7. The van der Waals surface area contributed by atoms with E-state index in [4.69, 9.17) is 5.11 Å². The molecular weight excluding hydrogens is 422 g/mol. The van der Waals surface area contributed by atoms with Gasteiger partial charge in [0.05, 0.1) is 6.42 Å². The number of benzene rings is 1. The number of carboxylic acid groups (broad SMARTS) is 1. The number of carboxylic acids is 1. The second-order valence-electron chi connectivity index (χ2n) is 4.79. The Morgan fingerprint density at radius 3 is 1.76 bits per heavy atom. The lowest BCUT2D eigenvalue weighted by Crippen LogP contribution is -2.48. The number of aliphatic carboxylic acids is 1. The molecule has 158 valence electrons. The van der Waals surface area contributed by atoms with Crippen molar-refractivity contribution >= 4 is 35.1 Å². The average Bonchev–Trinajstić information content (AvgIpc) is 2.66. The van der Waals surface area contributed by atoms with Crippen molar-refractivity contribution in [3.63, 3.8) is 0 Å². The summed E-state index contributed by atoms with van der Waals surface area (Å²) in [5.41, 5.74) is 0.349. The van der Waals surface area contributed by atoms with Crippen molar-refractivity contribution in [3.8, 4) is 0 Å². The summed E-state index contributed by atoms with van der Waals surface area (Å²) in [7, 11) is 0. The quantitative estimate of drug-likeness (QED) is 0.299. The van der Waals surface area contributed by atoms with E-state index in [1.54, 1.807) is 18.2 Å². The van der Waals surface area contributed by atoms with E-state index in [1.165, 1.54) is 12.1 Å². The lowest BCUT2D eigenvalue weighted by Gasteiger charge is -2.12. The van der Waals surface area contributed by atoms with Gasteiger partial charge in [-0.3, -0.25) is 19.2 Å². The highest BCUT2D eigenvalue weighted by molar-refractivity contribution is 6.41. The lowest BCUT2D eigenvalue weighted by atomic mass is 10.1. The van der Waals surface area contributed by atoms with E-state index in [0.29, 0.717) is 5.56 Å². The fraction of sp³-hybridized carbons (Fsp3) is 0.200. The minimum atomic E-state index is -6.03. The molecule has 0 amide bonds. The van der Waals surface area contributed by atoms with E-state index in [-0.39, 0.29) is 0 Å². The molecule has 1 aromatic carbocycles. The summed E-state index contributed by atoms with van der Waals surface area (Å²) < 4.78 is 69.8. The van der Waals surface area contributed by atoms with Gasteiger partial charge in [-0.25, -0.2) is 14.5 Å². The van der Waals surface area contributed by atoms with E-state index >= 15 is 0 Å². The molecule has 14 heteroatoms. The second kappa shape index (κ2) is 10.1. The summed E-state index contributed by atoms with van der Waals surface area (Å²) in [5, 5.41) is 8.28. The standard InChI is InChI=1S/C10H8O4.C5F6O4/c11-8(6-9(12)10(13)14)7-4-2-1-3-5-7;6-4(7,1(12)2(13)15-11)3(14)5(8,9)10/h1-5H,6H2,(H,13,14);. The zero-order valence-corrected chi connectivity index (χ0v) is 13.7. The third-order valence-electron chi connectivity index (χ3n) is 2.74. The Morgan fingerprint density at radius 1 is 0.897 bits per heavy atom. The number of Topliss-reactive ketones (excluding diaryl/α,β-unsaturated/α-hetero) is 4. The van der Waals surface area contributed by atoms with Gasteiger partial charge in [-0.05, 0) is 0 Å². The maximum Gasteiger partial charge on any atom is 0.456 e. The van der Waals surface area contributed by atoms with Gasteiger partial charge in [-0.2, -0.15) is 22.0 Å². The second-order valence-corrected chi connectivity index (χ2v) is 4.79. The van der Waals surface area contributed by atoms with Crippen LogP contribution in [0.2, 0.25) is 0 Å². The van der Waals surface area contributed by atoms with Gasteiger partial charge in [0, 0.05) is 10.1 Å². The third kappa shape index (κ3) is 7.51. The average molecular weight is 430 g/mol. The Balaban J connectivity index is 0.000000541. The van der Waals surface area contributed by atoms with Crippen molar-refractivity contribution in [2.24, 2.45) is 0 Å². The molecule has 0 aliphatic rings. The molecule has 0 aliphatic carbocycles. The van der Waals surface area contributed by atoms with E-state index < -0.39 is 53.6 Å². The van der Waals surface area contributed by atoms with Crippen molar-refractivity contribution in [1.29, 1.82) is 0 Å². The first kappa shape index (κ1) is 25.4. The number of hydrogen-bond donors (Lipinski definition) is 1. The van der Waals surface area contributed by atoms with Crippen LogP contribution in [0.1, 0.15) is 16.8 Å². The zero-order valence-electron chi connectivity index (χ0n) is 13.7. The molecule has 1 N–H and O–H groups in total. The molecule has 0 unspecified atom stereocenters. The van der Waals surface area contributed by atoms with Gasteiger partial charge < -0.3 is 5.11 Å². The van der Waals surface area contributed by atoms with Crippen LogP contribution in [-0.4, -0.2) is 52.3 Å². The molecule has 0 bridgehead atoms. The van der Waals surface area contributed by atoms with Crippen molar-refractivity contribution < 1.29 is 65.3 Å². The Hall–Kier alpha value is -3.58. The maximum absolute atomic E-state index is 12.3. The highest BCUT2D eigenvalue weighted by atomic mass is 19.4. The smallest absolute Gasteiger partial charge is 0.456 e. The van der Waals surface area contributed by atoms with E-state index in [1.807, 2.05) is 4.94 Å². The van der Waals surface area contributed by atoms with Crippen LogP contribution in [0.3, 0.4) is 0 Å². The Morgan fingerprint density at radius 2 is 1.38 bits per heavy atom. The van der Waals surface area contributed by atoms with Crippen molar-refractivity contribution in [2.75, 3.05) is 0 Å². The fourth-order valence-corrected chi connectivity index (χ4v) is 1.39. The first-order chi connectivity index (χ1) is 13.2. The molecule has 0 saturated carbocycles. The summed E-state index contributed by atoms with van der Waals surface area (Å²) in [6.07, 6.45) is -6.62. The molecule has 0 spiro atoms. The molecule has 0 radical (unpaired) electrons. The summed E-state index contributed by atoms with van der Waals surface area (Å²) in [4.78, 5) is 64.0. The van der Waals surface area contributed by atoms with Crippen LogP contribution in [-0.2, 0) is 28.9 Å². The van der Waals surface area contributed by atoms with Crippen LogP contribution in [0, 0.1) is 0 Å². The Kier molecular flexibility index (Phi) is 8.85. The molecule has 0 aliphatic heterocycles. The van der Waals surface area contributed by atoms with Crippen molar-refractivity contribution in [1.82, 2.24) is 0 Å². The van der Waals surface area contributed by atoms with Gasteiger partial charge in [-0.15, -0.1) is 0 Å². The minimum Gasteiger partial charge on any atom is -0.475 e. The predicted octanol–water partition coefficient (Wildman–Crippen LogP) is 1.66. The van der Waals surface area contributed by atoms with Gasteiger partial charge in [0.1, 0.15) is 0 Å². The summed E-state index contributed by atoms with van der Waals surface area (Å²) >= 11 is 0. The molecule has 0 atom stereocenters. The number of carbonyl (C=O) groups is 6. The number of halogens is 6. The third-order valence-corrected chi connectivity index (χ3v) is 2.74. The first-order valence-electron chi connectivity index (χ1n) is 6.87. The van der Waals surface area contributed by atoms with Crippen LogP contribution < -0.4 is 0 Å². The molecule has 0 saturated heterocycles. The predicted molar refractivity (Wildman–Crippen MR) is 76.2 cm³/mol. The molecule has 8 nitrogen and oxygen atoms in total. The van der Waals surface area contributed by atoms with E-state index in [9.17, 15) is 55.2 Å². The summed E-state index contributed by atoms with van der Waals surface area (Å²) in [5.74, 6) is -18.7. The number of hydrogen-bond acceptors (Lipinski definition) is 7. The Bertz CT molecular complexity index is 816. The van der Waals surface area contributed by atoms with E-state index in [0.717, 1.165) is 0 Å². The Labute approximate surface area is 155 Å². The normalized spacial score (nSPS) is 10.8. The lowest BCUT2D eigenvalue weighted by molar-refractivity contribution is -0.205. The number of carbonyl (C=O) groups excluding carboxylic acids is 5. The number of alkyl halides is 5. The topological polar surface area (TPSA) is 132 Å². The van der Waals surface area contributed by atoms with Crippen LogP contribution in [0.15, 0.2) is 30.3 Å². The van der Waals surface area contributed by atoms with Gasteiger partial charge in [0.2, 0.25) is 5.78 Å². The van der Waals surface area contributed by atoms with E-state index in [2.05, 4.69) is 0 Å². The molecule has 0 aromatic heterocycles. The SMILES string of the molecule is O=C(O)C(=O)CC(=O)c1ccccc1.O=C(OF)C(=O)C(F)(F)C(=O)C(F)(F)F. The van der Waals surface area contributed by atoms with Gasteiger partial charge in [0.15, 0.2) is 5.78 Å². The largest absolute Gasteiger partial charge is 0.475 e. The highest BCUT2D eigenvalue weighted by Gasteiger charge is 2.62. The molecule has 0 heterocycles. The molecular formula is C15H8F6O8. The molecule has 1 aromatic rings. The molecule has 0 fully saturated rings. The van der Waals surface area contributed by atoms with Crippen LogP contribution in [0.25, 0.3) is 0 Å². The van der Waals surface area contributed by atoms with Crippen LogP contribution in [0.4, 0.5) is 26.5 Å². The van der Waals surface area contributed by atoms with Crippen LogP contribution >= 0.6 is 0 Å². The first-order valence-corrected chi connectivity index (χ1v) is 6.87. The molecule has 1 rings (SSSR count). The highest BCUT2D eigenvalue weighted by Crippen LogP contribution is 2.28. The van der Waals surface area contributed by atoms with Gasteiger partial charge in [-0.1, -0.05) is 30.3 Å². The zero-order chi connectivity index (χ0) is 23.0. The number of ketones is 4. The maximum atomic E-state index is 12.3. The minimum absolute atomic E-state index is 0.349. The summed E-state index contributed by atoms with van der Waals surface area (Å²) in [6, 6.07) is 8.11.